The van der Waals surface area contributed by atoms with E-state index in [1.54, 1.807) is 26.0 Å². The van der Waals surface area contributed by atoms with Crippen molar-refractivity contribution in [3.05, 3.63) is 17.7 Å². The SMILES string of the molecule is COc1cc(CCN)cc(OC)c1SC. The fraction of sp³-hybridized carbons (Fsp3) is 0.455. The maximum Gasteiger partial charge on any atom is 0.136 e. The molecule has 4 heteroatoms. The number of nitrogens with two attached hydrogens (primary N) is 1. The highest BCUT2D eigenvalue weighted by Crippen LogP contribution is 2.37. The van der Waals surface area contributed by atoms with Crippen molar-refractivity contribution in [1.82, 2.24) is 0 Å². The molecule has 0 aliphatic heterocycles. The van der Waals surface area contributed by atoms with Crippen LogP contribution in [-0.4, -0.2) is 27.0 Å². The van der Waals surface area contributed by atoms with Gasteiger partial charge in [-0.15, -0.1) is 11.8 Å². The molecule has 0 aromatic heterocycles. The van der Waals surface area contributed by atoms with Gasteiger partial charge in [0.25, 0.3) is 0 Å². The summed E-state index contributed by atoms with van der Waals surface area (Å²) in [5.41, 5.74) is 6.67. The summed E-state index contributed by atoms with van der Waals surface area (Å²) in [5, 5.41) is 0. The van der Waals surface area contributed by atoms with Gasteiger partial charge in [0.15, 0.2) is 0 Å². The van der Waals surface area contributed by atoms with Gasteiger partial charge in [0.05, 0.1) is 19.1 Å². The molecule has 0 atom stereocenters. The van der Waals surface area contributed by atoms with Crippen molar-refractivity contribution in [3.8, 4) is 11.5 Å². The zero-order valence-electron chi connectivity index (χ0n) is 9.37. The molecular formula is C11H17NO2S. The minimum atomic E-state index is 0.630. The first-order chi connectivity index (χ1) is 7.26. The van der Waals surface area contributed by atoms with Crippen molar-refractivity contribution < 1.29 is 9.47 Å². The third-order valence-electron chi connectivity index (χ3n) is 2.16. The molecule has 0 saturated heterocycles. The van der Waals surface area contributed by atoms with Crippen LogP contribution in [-0.2, 0) is 6.42 Å². The first-order valence-electron chi connectivity index (χ1n) is 4.75. The largest absolute Gasteiger partial charge is 0.495 e. The molecule has 15 heavy (non-hydrogen) atoms. The van der Waals surface area contributed by atoms with E-state index in [4.69, 9.17) is 15.2 Å². The number of hydrogen-bond donors (Lipinski definition) is 1. The molecule has 0 heterocycles. The molecule has 0 aliphatic carbocycles. The smallest absolute Gasteiger partial charge is 0.136 e. The fourth-order valence-corrected chi connectivity index (χ4v) is 2.13. The van der Waals surface area contributed by atoms with Crippen molar-refractivity contribution in [2.45, 2.75) is 11.3 Å². The Balaban J connectivity index is 3.16. The number of methoxy groups -OCH3 is 2. The van der Waals surface area contributed by atoms with Crippen LogP contribution in [0.3, 0.4) is 0 Å². The van der Waals surface area contributed by atoms with Crippen molar-refractivity contribution in [1.29, 1.82) is 0 Å². The fourth-order valence-electron chi connectivity index (χ4n) is 1.45. The van der Waals surface area contributed by atoms with Crippen LogP contribution in [0.4, 0.5) is 0 Å². The van der Waals surface area contributed by atoms with E-state index < -0.39 is 0 Å². The van der Waals surface area contributed by atoms with Crippen LogP contribution in [0.1, 0.15) is 5.56 Å². The van der Waals surface area contributed by atoms with E-state index in [1.807, 2.05) is 18.4 Å². The van der Waals surface area contributed by atoms with Crippen molar-refractivity contribution in [2.24, 2.45) is 5.73 Å². The number of ether oxygens (including phenoxy) is 2. The Kier molecular flexibility index (Phi) is 4.78. The first kappa shape index (κ1) is 12.2. The predicted octanol–water partition coefficient (Wildman–Crippen LogP) is 1.93. The Morgan fingerprint density at radius 2 is 1.73 bits per heavy atom. The summed E-state index contributed by atoms with van der Waals surface area (Å²) in [6, 6.07) is 4.03. The van der Waals surface area contributed by atoms with Gasteiger partial charge in [-0.05, 0) is 36.9 Å². The molecule has 1 aromatic carbocycles. The lowest BCUT2D eigenvalue weighted by Crippen LogP contribution is -2.03. The molecule has 3 nitrogen and oxygen atoms in total. The summed E-state index contributed by atoms with van der Waals surface area (Å²) in [5.74, 6) is 1.70. The zero-order valence-corrected chi connectivity index (χ0v) is 10.2. The predicted molar refractivity (Wildman–Crippen MR) is 64.1 cm³/mol. The summed E-state index contributed by atoms with van der Waals surface area (Å²) < 4.78 is 10.6. The Labute approximate surface area is 94.9 Å². The van der Waals surface area contributed by atoms with Crippen molar-refractivity contribution in [2.75, 3.05) is 27.0 Å². The maximum absolute atomic E-state index is 5.53. The van der Waals surface area contributed by atoms with E-state index in [0.29, 0.717) is 6.54 Å². The van der Waals surface area contributed by atoms with Crippen LogP contribution in [0.5, 0.6) is 11.5 Å². The molecule has 84 valence electrons. The summed E-state index contributed by atoms with van der Waals surface area (Å²) in [7, 11) is 3.33. The lowest BCUT2D eigenvalue weighted by atomic mass is 10.1. The number of thioether (sulfide) groups is 1. The lowest BCUT2D eigenvalue weighted by Gasteiger charge is -2.13. The van der Waals surface area contributed by atoms with Gasteiger partial charge in [0, 0.05) is 0 Å². The molecule has 1 rings (SSSR count). The van der Waals surface area contributed by atoms with Crippen LogP contribution in [0.25, 0.3) is 0 Å². The zero-order chi connectivity index (χ0) is 11.3. The molecule has 0 spiro atoms. The highest BCUT2D eigenvalue weighted by atomic mass is 32.2. The van der Waals surface area contributed by atoms with E-state index >= 15 is 0 Å². The molecule has 0 amide bonds. The van der Waals surface area contributed by atoms with Crippen LogP contribution >= 0.6 is 11.8 Å². The molecule has 1 aromatic rings. The van der Waals surface area contributed by atoms with E-state index in [1.165, 1.54) is 0 Å². The van der Waals surface area contributed by atoms with Gasteiger partial charge in [-0.1, -0.05) is 0 Å². The molecule has 0 saturated carbocycles. The van der Waals surface area contributed by atoms with Crippen LogP contribution in [0.15, 0.2) is 17.0 Å². The first-order valence-corrected chi connectivity index (χ1v) is 5.98. The van der Waals surface area contributed by atoms with E-state index in [-0.39, 0.29) is 0 Å². The summed E-state index contributed by atoms with van der Waals surface area (Å²) in [6.07, 6.45) is 2.84. The summed E-state index contributed by atoms with van der Waals surface area (Å²) >= 11 is 1.62. The van der Waals surface area contributed by atoms with Gasteiger partial charge < -0.3 is 15.2 Å². The second kappa shape index (κ2) is 5.88. The summed E-state index contributed by atoms with van der Waals surface area (Å²) in [6.45, 7) is 0.630. The van der Waals surface area contributed by atoms with Crippen molar-refractivity contribution in [3.63, 3.8) is 0 Å². The normalized spacial score (nSPS) is 10.1. The van der Waals surface area contributed by atoms with Crippen molar-refractivity contribution >= 4 is 11.8 Å². The minimum Gasteiger partial charge on any atom is -0.495 e. The average Bonchev–Trinajstić information content (AvgIpc) is 2.28. The average molecular weight is 227 g/mol. The lowest BCUT2D eigenvalue weighted by molar-refractivity contribution is 0.375. The maximum atomic E-state index is 5.53. The Bertz CT molecular complexity index is 303. The second-order valence-electron chi connectivity index (χ2n) is 3.07. The molecule has 0 radical (unpaired) electrons. The highest BCUT2D eigenvalue weighted by Gasteiger charge is 2.10. The van der Waals surface area contributed by atoms with Gasteiger partial charge in [-0.2, -0.15) is 0 Å². The molecule has 0 unspecified atom stereocenters. The van der Waals surface area contributed by atoms with Gasteiger partial charge in [0.2, 0.25) is 0 Å². The number of benzene rings is 1. The molecule has 0 bridgehead atoms. The van der Waals surface area contributed by atoms with Crippen LogP contribution in [0, 0.1) is 0 Å². The summed E-state index contributed by atoms with van der Waals surface area (Å²) in [4.78, 5) is 1.03. The second-order valence-corrected chi connectivity index (χ2v) is 3.89. The minimum absolute atomic E-state index is 0.630. The van der Waals surface area contributed by atoms with E-state index in [2.05, 4.69) is 0 Å². The molecular weight excluding hydrogens is 210 g/mol. The van der Waals surface area contributed by atoms with E-state index in [9.17, 15) is 0 Å². The highest BCUT2D eigenvalue weighted by molar-refractivity contribution is 7.98. The standard InChI is InChI=1S/C11H17NO2S/c1-13-9-6-8(4-5-12)7-10(14-2)11(9)15-3/h6-7H,4-5,12H2,1-3H3. The van der Waals surface area contributed by atoms with E-state index in [0.717, 1.165) is 28.4 Å². The van der Waals surface area contributed by atoms with Gasteiger partial charge in [0.1, 0.15) is 11.5 Å². The Hall–Kier alpha value is -0.870. The van der Waals surface area contributed by atoms with Gasteiger partial charge in [-0.25, -0.2) is 0 Å². The third-order valence-corrected chi connectivity index (χ3v) is 2.97. The number of rotatable bonds is 5. The van der Waals surface area contributed by atoms with Gasteiger partial charge >= 0.3 is 0 Å². The quantitative estimate of drug-likeness (QED) is 0.781. The topological polar surface area (TPSA) is 44.5 Å². The molecule has 0 aliphatic rings. The van der Waals surface area contributed by atoms with Crippen LogP contribution in [0.2, 0.25) is 0 Å². The molecule has 2 N–H and O–H groups in total. The Morgan fingerprint density at radius 3 is 2.07 bits per heavy atom. The van der Waals surface area contributed by atoms with Gasteiger partial charge in [-0.3, -0.25) is 0 Å². The molecule has 0 fully saturated rings. The number of hydrogen-bond acceptors (Lipinski definition) is 4. The Morgan fingerprint density at radius 1 is 1.20 bits per heavy atom. The third kappa shape index (κ3) is 2.79. The van der Waals surface area contributed by atoms with Crippen LogP contribution < -0.4 is 15.2 Å². The monoisotopic (exact) mass is 227 g/mol.